The van der Waals surface area contributed by atoms with Crippen LogP contribution in [-0.2, 0) is 12.8 Å². The zero-order valence-electron chi connectivity index (χ0n) is 20.2. The Labute approximate surface area is 175 Å². The van der Waals surface area contributed by atoms with Crippen LogP contribution in [-0.4, -0.2) is 0 Å². The van der Waals surface area contributed by atoms with Crippen LogP contribution in [0.5, 0.6) is 0 Å². The van der Waals surface area contributed by atoms with E-state index in [-0.39, 0.29) is 0 Å². The molecule has 0 aliphatic rings. The minimum absolute atomic E-state index is 0.626. The molecule has 156 valence electrons. The van der Waals surface area contributed by atoms with E-state index in [1.54, 1.807) is 11.1 Å². The van der Waals surface area contributed by atoms with Gasteiger partial charge in [-0.15, -0.1) is 0 Å². The zero-order chi connectivity index (χ0) is 21.4. The Morgan fingerprint density at radius 3 is 1.14 bits per heavy atom. The first-order valence-corrected chi connectivity index (χ1v) is 11.4. The van der Waals surface area contributed by atoms with Gasteiger partial charge in [0, 0.05) is 0 Å². The molecule has 0 spiro atoms. The fourth-order valence-electron chi connectivity index (χ4n) is 4.30. The molecule has 0 aromatic heterocycles. The molecular weight excluding hydrogens is 336 g/mol. The minimum atomic E-state index is 0.626. The summed E-state index contributed by atoms with van der Waals surface area (Å²) >= 11 is 0. The monoisotopic (exact) mass is 380 g/mol. The quantitative estimate of drug-likeness (QED) is 0.469. The van der Waals surface area contributed by atoms with E-state index in [1.165, 1.54) is 22.3 Å². The fourth-order valence-corrected chi connectivity index (χ4v) is 4.30. The van der Waals surface area contributed by atoms with Crippen molar-refractivity contribution in [3.8, 4) is 0 Å². The zero-order valence-corrected chi connectivity index (χ0v) is 20.2. The van der Waals surface area contributed by atoms with E-state index in [0.717, 1.165) is 12.8 Å². The van der Waals surface area contributed by atoms with Crippen molar-refractivity contribution in [3.05, 3.63) is 69.8 Å². The highest BCUT2D eigenvalue weighted by molar-refractivity contribution is 5.41. The van der Waals surface area contributed by atoms with Gasteiger partial charge in [0.1, 0.15) is 0 Å². The number of hydrogen-bond acceptors (Lipinski definition) is 0. The van der Waals surface area contributed by atoms with Gasteiger partial charge in [-0.25, -0.2) is 0 Å². The van der Waals surface area contributed by atoms with E-state index < -0.39 is 0 Å². The highest BCUT2D eigenvalue weighted by Gasteiger charge is 2.15. The van der Waals surface area contributed by atoms with Crippen molar-refractivity contribution in [2.24, 2.45) is 0 Å². The van der Waals surface area contributed by atoms with Crippen molar-refractivity contribution in [1.82, 2.24) is 0 Å². The SMILES string of the molecule is CC(C)c1cccc(C(C)C)c1C(C)C.CCc1cccc(CC)c1C(C)C. The number of hydrogen-bond donors (Lipinski definition) is 0. The fraction of sp³-hybridized carbons (Fsp3) is 0.571. The summed E-state index contributed by atoms with van der Waals surface area (Å²) in [5, 5.41) is 0. The van der Waals surface area contributed by atoms with Crippen LogP contribution in [0, 0.1) is 0 Å². The standard InChI is InChI=1S/C15H24.C13H20/c1-10(2)13-8-7-9-14(11(3)4)15(13)12(5)6;1-5-11-8-7-9-12(6-2)13(11)10(3)4/h7-12H,1-6H3;7-10H,5-6H2,1-4H3. The van der Waals surface area contributed by atoms with Crippen molar-refractivity contribution < 1.29 is 0 Å². The van der Waals surface area contributed by atoms with Crippen LogP contribution in [0.2, 0.25) is 0 Å². The second kappa shape index (κ2) is 11.4. The first-order valence-electron chi connectivity index (χ1n) is 11.4. The van der Waals surface area contributed by atoms with Gasteiger partial charge in [-0.2, -0.15) is 0 Å². The molecule has 2 aromatic rings. The molecular formula is C28H44. The van der Waals surface area contributed by atoms with Crippen LogP contribution in [0.25, 0.3) is 0 Å². The Morgan fingerprint density at radius 1 is 0.500 bits per heavy atom. The maximum atomic E-state index is 2.30. The molecule has 0 radical (unpaired) electrons. The predicted octanol–water partition coefficient (Wildman–Crippen LogP) is 8.99. The molecule has 0 nitrogen and oxygen atoms in total. The molecule has 0 aliphatic heterocycles. The summed E-state index contributed by atoms with van der Waals surface area (Å²) in [6.45, 7) is 22.8. The van der Waals surface area contributed by atoms with Crippen LogP contribution in [0.4, 0.5) is 0 Å². The summed E-state index contributed by atoms with van der Waals surface area (Å²) in [5.41, 5.74) is 9.24. The molecule has 0 N–H and O–H groups in total. The van der Waals surface area contributed by atoms with Crippen molar-refractivity contribution in [3.63, 3.8) is 0 Å². The number of aryl methyl sites for hydroxylation is 2. The molecule has 0 bridgehead atoms. The Kier molecular flexibility index (Phi) is 10.0. The van der Waals surface area contributed by atoms with Crippen LogP contribution < -0.4 is 0 Å². The molecule has 0 heterocycles. The van der Waals surface area contributed by atoms with Gasteiger partial charge in [0.25, 0.3) is 0 Å². The smallest absolute Gasteiger partial charge is 0.0213 e. The third-order valence-electron chi connectivity index (χ3n) is 5.62. The van der Waals surface area contributed by atoms with E-state index in [4.69, 9.17) is 0 Å². The van der Waals surface area contributed by atoms with Crippen molar-refractivity contribution in [1.29, 1.82) is 0 Å². The number of benzene rings is 2. The van der Waals surface area contributed by atoms with E-state index in [1.807, 2.05) is 0 Å². The van der Waals surface area contributed by atoms with Crippen LogP contribution in [0.1, 0.15) is 126 Å². The van der Waals surface area contributed by atoms with Gasteiger partial charge in [0.15, 0.2) is 0 Å². The summed E-state index contributed by atoms with van der Waals surface area (Å²) in [6.07, 6.45) is 2.31. The third kappa shape index (κ3) is 6.23. The Hall–Kier alpha value is -1.56. The van der Waals surface area contributed by atoms with Crippen LogP contribution >= 0.6 is 0 Å². The van der Waals surface area contributed by atoms with Crippen molar-refractivity contribution in [2.75, 3.05) is 0 Å². The van der Waals surface area contributed by atoms with Gasteiger partial charge in [0.05, 0.1) is 0 Å². The summed E-state index contributed by atoms with van der Waals surface area (Å²) in [7, 11) is 0. The average Bonchev–Trinajstić information content (AvgIpc) is 2.66. The largest absolute Gasteiger partial charge is 0.0617 e. The lowest BCUT2D eigenvalue weighted by Crippen LogP contribution is -2.04. The molecule has 0 unspecified atom stereocenters. The van der Waals surface area contributed by atoms with E-state index in [0.29, 0.717) is 23.7 Å². The lowest BCUT2D eigenvalue weighted by atomic mass is 9.83. The molecule has 0 fully saturated rings. The Balaban J connectivity index is 0.000000283. The van der Waals surface area contributed by atoms with Gasteiger partial charge in [-0.1, -0.05) is 106 Å². The molecule has 2 rings (SSSR count). The highest BCUT2D eigenvalue weighted by atomic mass is 14.2. The normalized spacial score (nSPS) is 11.4. The first kappa shape index (κ1) is 24.5. The van der Waals surface area contributed by atoms with E-state index in [2.05, 4.69) is 106 Å². The van der Waals surface area contributed by atoms with Crippen molar-refractivity contribution >= 4 is 0 Å². The molecule has 0 heteroatoms. The molecule has 0 atom stereocenters. The first-order chi connectivity index (χ1) is 13.1. The lowest BCUT2D eigenvalue weighted by Gasteiger charge is -2.22. The van der Waals surface area contributed by atoms with Gasteiger partial charge in [-0.3, -0.25) is 0 Å². The number of rotatable bonds is 6. The summed E-state index contributed by atoms with van der Waals surface area (Å²) < 4.78 is 0. The maximum Gasteiger partial charge on any atom is -0.0213 e. The molecule has 0 saturated carbocycles. The molecule has 2 aromatic carbocycles. The summed E-state index contributed by atoms with van der Waals surface area (Å²) in [4.78, 5) is 0. The van der Waals surface area contributed by atoms with Gasteiger partial charge < -0.3 is 0 Å². The second-order valence-electron chi connectivity index (χ2n) is 9.17. The molecule has 0 amide bonds. The minimum Gasteiger partial charge on any atom is -0.0617 e. The molecule has 0 aliphatic carbocycles. The maximum absolute atomic E-state index is 2.30. The molecule has 0 saturated heterocycles. The Bertz CT molecular complexity index is 668. The summed E-state index contributed by atoms with van der Waals surface area (Å²) in [6, 6.07) is 13.5. The average molecular weight is 381 g/mol. The van der Waals surface area contributed by atoms with Crippen molar-refractivity contribution in [2.45, 2.75) is 106 Å². The second-order valence-corrected chi connectivity index (χ2v) is 9.17. The Morgan fingerprint density at radius 2 is 0.857 bits per heavy atom. The highest BCUT2D eigenvalue weighted by Crippen LogP contribution is 2.32. The third-order valence-corrected chi connectivity index (χ3v) is 5.62. The van der Waals surface area contributed by atoms with E-state index in [9.17, 15) is 0 Å². The predicted molar refractivity (Wildman–Crippen MR) is 128 cm³/mol. The van der Waals surface area contributed by atoms with Crippen LogP contribution in [0.3, 0.4) is 0 Å². The molecule has 28 heavy (non-hydrogen) atoms. The van der Waals surface area contributed by atoms with Gasteiger partial charge in [-0.05, 0) is 69.9 Å². The van der Waals surface area contributed by atoms with Crippen LogP contribution in [0.15, 0.2) is 36.4 Å². The summed E-state index contributed by atoms with van der Waals surface area (Å²) in [5.74, 6) is 2.54. The van der Waals surface area contributed by atoms with Gasteiger partial charge >= 0.3 is 0 Å². The van der Waals surface area contributed by atoms with E-state index >= 15 is 0 Å². The van der Waals surface area contributed by atoms with Gasteiger partial charge in [0.2, 0.25) is 0 Å². The lowest BCUT2D eigenvalue weighted by molar-refractivity contribution is 0.748. The topological polar surface area (TPSA) is 0 Å².